The molecule has 0 bridgehead atoms. The molecule has 0 spiro atoms. The SMILES string of the molecule is Cc1noc(-c2ccc3cc(N(CC(=O)O)S(=O)(=O)c4cc(Cl)cc(Cl)c4)ccc3c2)n1. The molecule has 0 amide bonds. The van der Waals surface area contributed by atoms with Crippen molar-refractivity contribution in [3.63, 3.8) is 0 Å². The number of benzene rings is 3. The van der Waals surface area contributed by atoms with Crippen LogP contribution in [0.1, 0.15) is 5.82 Å². The van der Waals surface area contributed by atoms with Gasteiger partial charge < -0.3 is 9.63 Å². The van der Waals surface area contributed by atoms with Crippen molar-refractivity contribution in [2.24, 2.45) is 0 Å². The summed E-state index contributed by atoms with van der Waals surface area (Å²) in [5.74, 6) is -0.448. The Morgan fingerprint density at radius 2 is 1.69 bits per heavy atom. The molecule has 4 aromatic rings. The molecule has 0 saturated carbocycles. The summed E-state index contributed by atoms with van der Waals surface area (Å²) < 4.78 is 32.5. The van der Waals surface area contributed by atoms with Gasteiger partial charge in [0.05, 0.1) is 10.6 Å². The summed E-state index contributed by atoms with van der Waals surface area (Å²) in [5, 5.41) is 14.8. The van der Waals surface area contributed by atoms with E-state index in [4.69, 9.17) is 27.7 Å². The van der Waals surface area contributed by atoms with Crippen LogP contribution in [-0.4, -0.2) is 36.2 Å². The minimum atomic E-state index is -4.26. The number of rotatable bonds is 6. The summed E-state index contributed by atoms with van der Waals surface area (Å²) in [4.78, 5) is 15.5. The standard InChI is InChI=1S/C21H15Cl2N3O5S/c1-12-24-21(31-25-12)15-3-2-14-7-18(5-4-13(14)6-15)26(11-20(27)28)32(29,30)19-9-16(22)8-17(23)10-19/h2-10H,11H2,1H3,(H,27,28). The number of hydrogen-bond donors (Lipinski definition) is 1. The number of carbonyl (C=O) groups is 1. The van der Waals surface area contributed by atoms with Gasteiger partial charge in [-0.15, -0.1) is 0 Å². The van der Waals surface area contributed by atoms with E-state index < -0.39 is 22.5 Å². The first kappa shape index (κ1) is 22.1. The third kappa shape index (κ3) is 4.40. The van der Waals surface area contributed by atoms with Crippen LogP contribution in [0.4, 0.5) is 5.69 Å². The minimum absolute atomic E-state index is 0.119. The smallest absolute Gasteiger partial charge is 0.324 e. The van der Waals surface area contributed by atoms with Crippen molar-refractivity contribution in [1.82, 2.24) is 10.1 Å². The van der Waals surface area contributed by atoms with Crippen LogP contribution >= 0.6 is 23.2 Å². The summed E-state index contributed by atoms with van der Waals surface area (Å²) in [6.07, 6.45) is 0. The van der Waals surface area contributed by atoms with E-state index in [9.17, 15) is 18.3 Å². The monoisotopic (exact) mass is 491 g/mol. The van der Waals surface area contributed by atoms with Gasteiger partial charge in [0.1, 0.15) is 6.54 Å². The lowest BCUT2D eigenvalue weighted by Gasteiger charge is -2.23. The summed E-state index contributed by atoms with van der Waals surface area (Å²) in [6, 6.07) is 14.0. The molecule has 4 rings (SSSR count). The van der Waals surface area contributed by atoms with Crippen LogP contribution in [-0.2, 0) is 14.8 Å². The van der Waals surface area contributed by atoms with Gasteiger partial charge in [0.2, 0.25) is 0 Å². The van der Waals surface area contributed by atoms with Crippen LogP contribution in [0.25, 0.3) is 22.2 Å². The van der Waals surface area contributed by atoms with Crippen molar-refractivity contribution in [2.75, 3.05) is 10.8 Å². The molecule has 0 aliphatic carbocycles. The second-order valence-electron chi connectivity index (χ2n) is 6.90. The number of fused-ring (bicyclic) bond motifs is 1. The molecule has 0 fully saturated rings. The van der Waals surface area contributed by atoms with Crippen molar-refractivity contribution in [1.29, 1.82) is 0 Å². The fraction of sp³-hybridized carbons (Fsp3) is 0.0952. The van der Waals surface area contributed by atoms with E-state index in [-0.39, 0.29) is 20.6 Å². The molecule has 0 saturated heterocycles. The van der Waals surface area contributed by atoms with Gasteiger partial charge in [-0.3, -0.25) is 9.10 Å². The zero-order valence-electron chi connectivity index (χ0n) is 16.5. The Kier molecular flexibility index (Phi) is 5.81. The van der Waals surface area contributed by atoms with Crippen molar-refractivity contribution in [2.45, 2.75) is 11.8 Å². The maximum atomic E-state index is 13.3. The Balaban J connectivity index is 1.79. The Hall–Kier alpha value is -3.14. The number of aliphatic carboxylic acids is 1. The maximum absolute atomic E-state index is 13.3. The van der Waals surface area contributed by atoms with E-state index >= 15 is 0 Å². The molecular formula is C21H15Cl2N3O5S. The minimum Gasteiger partial charge on any atom is -0.480 e. The number of carboxylic acid groups (broad SMARTS) is 1. The second-order valence-corrected chi connectivity index (χ2v) is 9.64. The van der Waals surface area contributed by atoms with Gasteiger partial charge in [-0.1, -0.05) is 40.5 Å². The molecule has 164 valence electrons. The Bertz CT molecular complexity index is 1430. The first-order valence-electron chi connectivity index (χ1n) is 9.18. The van der Waals surface area contributed by atoms with Gasteiger partial charge in [-0.25, -0.2) is 8.42 Å². The Morgan fingerprint density at radius 1 is 1.03 bits per heavy atom. The molecular weight excluding hydrogens is 477 g/mol. The summed E-state index contributed by atoms with van der Waals surface area (Å²) in [7, 11) is -4.26. The number of hydrogen-bond acceptors (Lipinski definition) is 6. The largest absolute Gasteiger partial charge is 0.480 e. The molecule has 0 aliphatic heterocycles. The molecule has 0 unspecified atom stereocenters. The number of aromatic nitrogens is 2. The lowest BCUT2D eigenvalue weighted by atomic mass is 10.1. The van der Waals surface area contributed by atoms with E-state index in [1.807, 2.05) is 6.07 Å². The lowest BCUT2D eigenvalue weighted by Crippen LogP contribution is -2.35. The zero-order chi connectivity index (χ0) is 23.0. The van der Waals surface area contributed by atoms with Gasteiger partial charge in [0.15, 0.2) is 5.82 Å². The second kappa shape index (κ2) is 8.42. The molecule has 3 aromatic carbocycles. The number of sulfonamides is 1. The highest BCUT2D eigenvalue weighted by molar-refractivity contribution is 7.92. The molecule has 11 heteroatoms. The lowest BCUT2D eigenvalue weighted by molar-refractivity contribution is -0.135. The van der Waals surface area contributed by atoms with E-state index in [2.05, 4.69) is 10.1 Å². The number of aryl methyl sites for hydroxylation is 1. The quantitative estimate of drug-likeness (QED) is 0.412. The highest BCUT2D eigenvalue weighted by atomic mass is 35.5. The van der Waals surface area contributed by atoms with Gasteiger partial charge in [0.25, 0.3) is 15.9 Å². The topological polar surface area (TPSA) is 114 Å². The Morgan fingerprint density at radius 3 is 2.31 bits per heavy atom. The third-order valence-electron chi connectivity index (χ3n) is 4.59. The molecule has 0 aliphatic rings. The molecule has 0 radical (unpaired) electrons. The van der Waals surface area contributed by atoms with Crippen LogP contribution < -0.4 is 4.31 Å². The van der Waals surface area contributed by atoms with Gasteiger partial charge in [-0.2, -0.15) is 4.98 Å². The predicted molar refractivity (Wildman–Crippen MR) is 121 cm³/mol. The third-order valence-corrected chi connectivity index (χ3v) is 6.78. The summed E-state index contributed by atoms with van der Waals surface area (Å²) in [6.45, 7) is 0.933. The fourth-order valence-electron chi connectivity index (χ4n) is 3.18. The number of nitrogens with zero attached hydrogens (tertiary/aromatic N) is 3. The Labute approximate surface area is 193 Å². The van der Waals surface area contributed by atoms with Crippen LogP contribution in [0.3, 0.4) is 0 Å². The van der Waals surface area contributed by atoms with Gasteiger partial charge >= 0.3 is 5.97 Å². The van der Waals surface area contributed by atoms with Gasteiger partial charge in [0, 0.05) is 15.6 Å². The van der Waals surface area contributed by atoms with Gasteiger partial charge in [-0.05, 0) is 60.2 Å². The van der Waals surface area contributed by atoms with E-state index in [0.717, 1.165) is 9.69 Å². The molecule has 8 nitrogen and oxygen atoms in total. The van der Waals surface area contributed by atoms with Crippen LogP contribution in [0.5, 0.6) is 0 Å². The molecule has 1 N–H and O–H groups in total. The summed E-state index contributed by atoms with van der Waals surface area (Å²) >= 11 is 11.9. The number of carboxylic acids is 1. The molecule has 1 aromatic heterocycles. The molecule has 1 heterocycles. The molecule has 32 heavy (non-hydrogen) atoms. The van der Waals surface area contributed by atoms with Crippen molar-refractivity contribution >= 4 is 55.7 Å². The van der Waals surface area contributed by atoms with Crippen LogP contribution in [0.2, 0.25) is 10.0 Å². The van der Waals surface area contributed by atoms with E-state index in [0.29, 0.717) is 22.7 Å². The maximum Gasteiger partial charge on any atom is 0.324 e. The van der Waals surface area contributed by atoms with Crippen molar-refractivity contribution < 1.29 is 22.8 Å². The molecule has 0 atom stereocenters. The normalized spacial score (nSPS) is 11.6. The predicted octanol–water partition coefficient (Wildman–Crippen LogP) is 4.78. The number of anilines is 1. The highest BCUT2D eigenvalue weighted by Crippen LogP contribution is 2.31. The van der Waals surface area contributed by atoms with E-state index in [1.165, 1.54) is 24.3 Å². The van der Waals surface area contributed by atoms with Crippen LogP contribution in [0, 0.1) is 6.92 Å². The summed E-state index contributed by atoms with van der Waals surface area (Å²) in [5.41, 5.74) is 0.881. The number of halogens is 2. The zero-order valence-corrected chi connectivity index (χ0v) is 18.8. The van der Waals surface area contributed by atoms with E-state index in [1.54, 1.807) is 31.2 Å². The van der Waals surface area contributed by atoms with Crippen LogP contribution in [0.15, 0.2) is 64.0 Å². The first-order valence-corrected chi connectivity index (χ1v) is 11.4. The van der Waals surface area contributed by atoms with Crippen molar-refractivity contribution in [3.8, 4) is 11.5 Å². The average Bonchev–Trinajstić information content (AvgIpc) is 3.16. The van der Waals surface area contributed by atoms with Crippen molar-refractivity contribution in [3.05, 3.63) is 70.5 Å². The highest BCUT2D eigenvalue weighted by Gasteiger charge is 2.28. The first-order chi connectivity index (χ1) is 15.1. The average molecular weight is 492 g/mol. The fourth-order valence-corrected chi connectivity index (χ4v) is 5.31.